The fourth-order valence-electron chi connectivity index (χ4n) is 1.84. The minimum atomic E-state index is -0.727. The average Bonchev–Trinajstić information content (AvgIpc) is 2.51. The van der Waals surface area contributed by atoms with Crippen molar-refractivity contribution in [2.75, 3.05) is 11.9 Å². The van der Waals surface area contributed by atoms with Gasteiger partial charge in [0.25, 0.3) is 5.91 Å². The third-order valence-electron chi connectivity index (χ3n) is 2.91. The summed E-state index contributed by atoms with van der Waals surface area (Å²) in [7, 11) is 0. The Bertz CT molecular complexity index is 749. The number of carbonyl (C=O) groups excluding carboxylic acids is 2. The Morgan fingerprint density at radius 2 is 1.91 bits per heavy atom. The van der Waals surface area contributed by atoms with E-state index in [-0.39, 0.29) is 23.6 Å². The second kappa shape index (κ2) is 6.71. The predicted octanol–water partition coefficient (Wildman–Crippen LogP) is 2.38. The van der Waals surface area contributed by atoms with Crippen LogP contribution in [0.25, 0.3) is 0 Å². The van der Waals surface area contributed by atoms with Gasteiger partial charge in [-0.1, -0.05) is 18.2 Å². The number of amides is 1. The van der Waals surface area contributed by atoms with Crippen LogP contribution < -0.4 is 10.9 Å². The van der Waals surface area contributed by atoms with Gasteiger partial charge in [-0.2, -0.15) is 0 Å². The van der Waals surface area contributed by atoms with Crippen LogP contribution in [-0.2, 0) is 4.74 Å². The molecule has 2 aromatic rings. The van der Waals surface area contributed by atoms with Crippen LogP contribution in [-0.4, -0.2) is 18.5 Å². The molecule has 0 bridgehead atoms. The molecule has 0 saturated carbocycles. The van der Waals surface area contributed by atoms with E-state index >= 15 is 0 Å². The largest absolute Gasteiger partial charge is 0.462 e. The summed E-state index contributed by atoms with van der Waals surface area (Å²) in [4.78, 5) is 35.6. The number of anilines is 1. The molecule has 1 heterocycles. The molecule has 0 unspecified atom stereocenters. The van der Waals surface area contributed by atoms with Crippen LogP contribution in [0.2, 0.25) is 0 Å². The number of hydrogen-bond donors (Lipinski definition) is 1. The lowest BCUT2D eigenvalue weighted by Gasteiger charge is -2.08. The molecule has 0 spiro atoms. The minimum absolute atomic E-state index is 0.102. The average molecular weight is 301 g/mol. The van der Waals surface area contributed by atoms with Gasteiger partial charge in [-0.3, -0.25) is 4.79 Å². The van der Waals surface area contributed by atoms with E-state index in [9.17, 15) is 14.4 Å². The van der Waals surface area contributed by atoms with Crippen LogP contribution in [0, 0.1) is 6.92 Å². The topological polar surface area (TPSA) is 85.6 Å². The van der Waals surface area contributed by atoms with Gasteiger partial charge in [-0.15, -0.1) is 0 Å². The van der Waals surface area contributed by atoms with E-state index in [0.717, 1.165) is 0 Å². The molecule has 0 saturated heterocycles. The van der Waals surface area contributed by atoms with Crippen LogP contribution in [0.3, 0.4) is 0 Å². The zero-order valence-corrected chi connectivity index (χ0v) is 12.2. The van der Waals surface area contributed by atoms with E-state index in [0.29, 0.717) is 5.56 Å². The number of ether oxygens (including phenoxy) is 1. The first-order valence-corrected chi connectivity index (χ1v) is 6.71. The number of nitrogens with one attached hydrogen (secondary N) is 1. The number of hydrogen-bond acceptors (Lipinski definition) is 5. The lowest BCUT2D eigenvalue weighted by molar-refractivity contribution is 0.0521. The third-order valence-corrected chi connectivity index (χ3v) is 2.91. The third kappa shape index (κ3) is 3.41. The number of rotatable bonds is 4. The van der Waals surface area contributed by atoms with Crippen molar-refractivity contribution in [3.63, 3.8) is 0 Å². The maximum Gasteiger partial charge on any atom is 0.359 e. The first-order valence-electron chi connectivity index (χ1n) is 6.71. The maximum atomic E-state index is 12.1. The Balaban J connectivity index is 2.31. The van der Waals surface area contributed by atoms with Crippen molar-refractivity contribution in [1.29, 1.82) is 0 Å². The molecule has 1 aromatic carbocycles. The Morgan fingerprint density at radius 3 is 2.55 bits per heavy atom. The van der Waals surface area contributed by atoms with Crippen LogP contribution >= 0.6 is 0 Å². The second-order valence-corrected chi connectivity index (χ2v) is 4.46. The summed E-state index contributed by atoms with van der Waals surface area (Å²) in [5, 5.41) is 2.44. The summed E-state index contributed by atoms with van der Waals surface area (Å²) in [6.07, 6.45) is 0. The normalized spacial score (nSPS) is 10.1. The van der Waals surface area contributed by atoms with Gasteiger partial charge < -0.3 is 14.5 Å². The van der Waals surface area contributed by atoms with Gasteiger partial charge >= 0.3 is 11.6 Å². The smallest absolute Gasteiger partial charge is 0.359 e. The van der Waals surface area contributed by atoms with E-state index in [1.165, 1.54) is 13.0 Å². The number of esters is 1. The molecular formula is C16H15NO5. The highest BCUT2D eigenvalue weighted by Crippen LogP contribution is 2.13. The Labute approximate surface area is 126 Å². The van der Waals surface area contributed by atoms with Crippen molar-refractivity contribution >= 4 is 17.6 Å². The number of carbonyl (C=O) groups is 2. The summed E-state index contributed by atoms with van der Waals surface area (Å²) in [6, 6.07) is 9.66. The molecule has 0 radical (unpaired) electrons. The van der Waals surface area contributed by atoms with Crippen molar-refractivity contribution < 1.29 is 18.7 Å². The molecule has 0 fully saturated rings. The molecule has 0 atom stereocenters. The first kappa shape index (κ1) is 15.5. The minimum Gasteiger partial charge on any atom is -0.462 e. The van der Waals surface area contributed by atoms with Crippen LogP contribution in [0.1, 0.15) is 33.4 Å². The molecular weight excluding hydrogens is 286 g/mol. The van der Waals surface area contributed by atoms with Crippen LogP contribution in [0.5, 0.6) is 0 Å². The predicted molar refractivity (Wildman–Crippen MR) is 80.1 cm³/mol. The number of benzene rings is 1. The summed E-state index contributed by atoms with van der Waals surface area (Å²) in [6.45, 7) is 3.35. The molecule has 114 valence electrons. The van der Waals surface area contributed by atoms with Gasteiger partial charge in [0.05, 0.1) is 6.61 Å². The van der Waals surface area contributed by atoms with Crippen LogP contribution in [0.15, 0.2) is 45.6 Å². The van der Waals surface area contributed by atoms with Crippen molar-refractivity contribution in [3.8, 4) is 0 Å². The second-order valence-electron chi connectivity index (χ2n) is 4.46. The molecule has 6 heteroatoms. The lowest BCUT2D eigenvalue weighted by atomic mass is 10.2. The summed E-state index contributed by atoms with van der Waals surface area (Å²) >= 11 is 0. The molecule has 1 aromatic heterocycles. The van der Waals surface area contributed by atoms with E-state index in [1.807, 2.05) is 0 Å². The highest BCUT2D eigenvalue weighted by Gasteiger charge is 2.17. The zero-order chi connectivity index (χ0) is 16.1. The van der Waals surface area contributed by atoms with Gasteiger partial charge in [0.1, 0.15) is 17.0 Å². The highest BCUT2D eigenvalue weighted by atomic mass is 16.5. The molecule has 0 aliphatic rings. The molecule has 0 aliphatic heterocycles. The van der Waals surface area contributed by atoms with Crippen LogP contribution in [0.4, 0.5) is 5.69 Å². The quantitative estimate of drug-likeness (QED) is 0.876. The lowest BCUT2D eigenvalue weighted by Crippen LogP contribution is -2.20. The van der Waals surface area contributed by atoms with E-state index in [2.05, 4.69) is 5.32 Å². The SMILES string of the molecule is CCOC(=O)c1cc(NC(=O)c2ccccc2)c(=O)oc1C. The summed E-state index contributed by atoms with van der Waals surface area (Å²) < 4.78 is 9.85. The highest BCUT2D eigenvalue weighted by molar-refractivity contribution is 6.04. The fourth-order valence-corrected chi connectivity index (χ4v) is 1.84. The van der Waals surface area contributed by atoms with E-state index < -0.39 is 17.5 Å². The molecule has 1 amide bonds. The summed E-state index contributed by atoms with van der Waals surface area (Å²) in [5.41, 5.74) is -0.345. The first-order chi connectivity index (χ1) is 10.5. The standard InChI is InChI=1S/C16H15NO5/c1-3-21-15(19)12-9-13(16(20)22-10(12)2)17-14(18)11-7-5-4-6-8-11/h4-9H,3H2,1-2H3,(H,17,18). The van der Waals surface area contributed by atoms with Crippen molar-refractivity contribution in [3.05, 3.63) is 63.7 Å². The van der Waals surface area contributed by atoms with Crippen molar-refractivity contribution in [2.45, 2.75) is 13.8 Å². The van der Waals surface area contributed by atoms with Gasteiger partial charge in [0.2, 0.25) is 0 Å². The monoisotopic (exact) mass is 301 g/mol. The molecule has 1 N–H and O–H groups in total. The Morgan fingerprint density at radius 1 is 1.23 bits per heavy atom. The van der Waals surface area contributed by atoms with Gasteiger partial charge in [0.15, 0.2) is 0 Å². The van der Waals surface area contributed by atoms with Gasteiger partial charge in [0, 0.05) is 5.56 Å². The fraction of sp³-hybridized carbons (Fsp3) is 0.188. The Hall–Kier alpha value is -2.89. The molecule has 22 heavy (non-hydrogen) atoms. The Kier molecular flexibility index (Phi) is 4.73. The van der Waals surface area contributed by atoms with E-state index in [1.54, 1.807) is 37.3 Å². The van der Waals surface area contributed by atoms with Gasteiger partial charge in [-0.25, -0.2) is 9.59 Å². The maximum absolute atomic E-state index is 12.1. The zero-order valence-electron chi connectivity index (χ0n) is 12.2. The van der Waals surface area contributed by atoms with Gasteiger partial charge in [-0.05, 0) is 32.0 Å². The molecule has 6 nitrogen and oxygen atoms in total. The van der Waals surface area contributed by atoms with Crippen molar-refractivity contribution in [2.24, 2.45) is 0 Å². The summed E-state index contributed by atoms with van der Waals surface area (Å²) in [5.74, 6) is -0.938. The number of aryl methyl sites for hydroxylation is 1. The van der Waals surface area contributed by atoms with Crippen molar-refractivity contribution in [1.82, 2.24) is 0 Å². The molecule has 0 aliphatic carbocycles. The van der Waals surface area contributed by atoms with E-state index in [4.69, 9.17) is 9.15 Å². The molecule has 2 rings (SSSR count).